The molecule has 0 saturated heterocycles. The topological polar surface area (TPSA) is 12.0 Å². The normalized spacial score (nSPS) is 21.4. The van der Waals surface area contributed by atoms with Gasteiger partial charge in [-0.05, 0) is 37.6 Å². The van der Waals surface area contributed by atoms with Crippen molar-refractivity contribution < 1.29 is 13.2 Å². The number of rotatable bonds is 6. The van der Waals surface area contributed by atoms with Gasteiger partial charge in [0.1, 0.15) is 0 Å². The predicted octanol–water partition coefficient (Wildman–Crippen LogP) is 3.50. The van der Waals surface area contributed by atoms with Crippen LogP contribution in [0.25, 0.3) is 0 Å². The van der Waals surface area contributed by atoms with Crippen LogP contribution in [0.15, 0.2) is 0 Å². The van der Waals surface area contributed by atoms with E-state index in [0.29, 0.717) is 0 Å². The van der Waals surface area contributed by atoms with Gasteiger partial charge in [0.2, 0.25) is 0 Å². The molecule has 0 bridgehead atoms. The summed E-state index contributed by atoms with van der Waals surface area (Å²) in [7, 11) is 0. The second kappa shape index (κ2) is 4.73. The molecule has 1 N–H and O–H groups in total. The van der Waals surface area contributed by atoms with Crippen molar-refractivity contribution in [3.63, 3.8) is 0 Å². The molecule has 0 amide bonds. The highest BCUT2D eigenvalue weighted by molar-refractivity contribution is 4.98. The van der Waals surface area contributed by atoms with Crippen molar-refractivity contribution >= 4 is 0 Å². The number of alkyl halides is 3. The fourth-order valence-electron chi connectivity index (χ4n) is 1.87. The van der Waals surface area contributed by atoms with E-state index in [9.17, 15) is 13.2 Å². The molecular formula is C11H20F3N. The Morgan fingerprint density at radius 1 is 1.33 bits per heavy atom. The Bertz CT molecular complexity index is 196. The zero-order chi connectivity index (χ0) is 11.5. The number of hydrogen-bond donors (Lipinski definition) is 1. The van der Waals surface area contributed by atoms with E-state index in [1.807, 2.05) is 6.92 Å². The number of halogens is 3. The van der Waals surface area contributed by atoms with E-state index in [4.69, 9.17) is 0 Å². The largest absolute Gasteiger partial charge is 0.389 e. The van der Waals surface area contributed by atoms with Gasteiger partial charge in [-0.15, -0.1) is 0 Å². The van der Waals surface area contributed by atoms with Gasteiger partial charge in [0, 0.05) is 12.5 Å². The Morgan fingerprint density at radius 3 is 2.33 bits per heavy atom. The SMILES string of the molecule is CCCNC(CCC(F)(F)F)C1(C)CC1. The lowest BCUT2D eigenvalue weighted by Gasteiger charge is -2.25. The van der Waals surface area contributed by atoms with Gasteiger partial charge in [0.25, 0.3) is 0 Å². The minimum absolute atomic E-state index is 0.0408. The maximum Gasteiger partial charge on any atom is 0.389 e. The summed E-state index contributed by atoms with van der Waals surface area (Å²) < 4.78 is 36.4. The molecule has 1 unspecified atom stereocenters. The van der Waals surface area contributed by atoms with Crippen LogP contribution in [0, 0.1) is 5.41 Å². The third kappa shape index (κ3) is 4.41. The lowest BCUT2D eigenvalue weighted by atomic mass is 9.94. The Labute approximate surface area is 89.4 Å². The van der Waals surface area contributed by atoms with Crippen LogP contribution in [0.3, 0.4) is 0 Å². The first-order valence-corrected chi connectivity index (χ1v) is 5.67. The van der Waals surface area contributed by atoms with Crippen LogP contribution in [0.5, 0.6) is 0 Å². The van der Waals surface area contributed by atoms with Gasteiger partial charge < -0.3 is 5.32 Å². The van der Waals surface area contributed by atoms with Crippen LogP contribution in [-0.4, -0.2) is 18.8 Å². The first-order chi connectivity index (χ1) is 6.87. The van der Waals surface area contributed by atoms with E-state index in [0.717, 1.165) is 25.8 Å². The fraction of sp³-hybridized carbons (Fsp3) is 1.00. The molecule has 0 aromatic carbocycles. The molecule has 15 heavy (non-hydrogen) atoms. The van der Waals surface area contributed by atoms with Gasteiger partial charge in [0.05, 0.1) is 0 Å². The zero-order valence-electron chi connectivity index (χ0n) is 9.45. The average molecular weight is 223 g/mol. The molecular weight excluding hydrogens is 203 g/mol. The van der Waals surface area contributed by atoms with Crippen molar-refractivity contribution in [3.05, 3.63) is 0 Å². The van der Waals surface area contributed by atoms with Crippen molar-refractivity contribution in [2.45, 2.75) is 58.2 Å². The average Bonchev–Trinajstić information content (AvgIpc) is 2.83. The summed E-state index contributed by atoms with van der Waals surface area (Å²) in [5.74, 6) is 0. The van der Waals surface area contributed by atoms with Gasteiger partial charge >= 0.3 is 6.18 Å². The summed E-state index contributed by atoms with van der Waals surface area (Å²) in [5.41, 5.74) is 0.125. The summed E-state index contributed by atoms with van der Waals surface area (Å²) >= 11 is 0. The number of nitrogens with one attached hydrogen (secondary N) is 1. The van der Waals surface area contributed by atoms with Crippen molar-refractivity contribution in [1.29, 1.82) is 0 Å². The standard InChI is InChI=1S/C11H20F3N/c1-3-8-15-9(10(2)6-7-10)4-5-11(12,13)14/h9,15H,3-8H2,1-2H3. The highest BCUT2D eigenvalue weighted by atomic mass is 19.4. The first kappa shape index (κ1) is 12.8. The van der Waals surface area contributed by atoms with Gasteiger partial charge in [-0.1, -0.05) is 13.8 Å². The van der Waals surface area contributed by atoms with Crippen LogP contribution < -0.4 is 5.32 Å². The van der Waals surface area contributed by atoms with Crippen LogP contribution in [0.2, 0.25) is 0 Å². The van der Waals surface area contributed by atoms with E-state index in [-0.39, 0.29) is 17.9 Å². The monoisotopic (exact) mass is 223 g/mol. The second-order valence-corrected chi connectivity index (χ2v) is 4.81. The molecule has 1 atom stereocenters. The van der Waals surface area contributed by atoms with E-state index in [1.54, 1.807) is 0 Å². The van der Waals surface area contributed by atoms with Gasteiger partial charge in [-0.2, -0.15) is 13.2 Å². The summed E-state index contributed by atoms with van der Waals surface area (Å²) in [6, 6.07) is 0.0408. The molecule has 0 aromatic heterocycles. The lowest BCUT2D eigenvalue weighted by molar-refractivity contribution is -0.137. The lowest BCUT2D eigenvalue weighted by Crippen LogP contribution is -2.37. The molecule has 0 radical (unpaired) electrons. The van der Waals surface area contributed by atoms with Gasteiger partial charge in [0.15, 0.2) is 0 Å². The highest BCUT2D eigenvalue weighted by Gasteiger charge is 2.45. The maximum absolute atomic E-state index is 12.1. The summed E-state index contributed by atoms with van der Waals surface area (Å²) in [6.07, 6.45) is -1.36. The van der Waals surface area contributed by atoms with E-state index < -0.39 is 12.6 Å². The molecule has 1 fully saturated rings. The molecule has 4 heteroatoms. The molecule has 0 aromatic rings. The third-order valence-corrected chi connectivity index (χ3v) is 3.24. The van der Waals surface area contributed by atoms with Crippen LogP contribution in [0.1, 0.15) is 46.0 Å². The Hall–Kier alpha value is -0.250. The van der Waals surface area contributed by atoms with Crippen molar-refractivity contribution in [2.24, 2.45) is 5.41 Å². The summed E-state index contributed by atoms with van der Waals surface area (Å²) in [6.45, 7) is 4.93. The Kier molecular flexibility index (Phi) is 4.04. The van der Waals surface area contributed by atoms with Crippen LogP contribution in [-0.2, 0) is 0 Å². The summed E-state index contributed by atoms with van der Waals surface area (Å²) in [5, 5.41) is 3.24. The highest BCUT2D eigenvalue weighted by Crippen LogP contribution is 2.49. The predicted molar refractivity (Wildman–Crippen MR) is 54.7 cm³/mol. The minimum Gasteiger partial charge on any atom is -0.313 e. The van der Waals surface area contributed by atoms with Crippen molar-refractivity contribution in [1.82, 2.24) is 5.32 Å². The minimum atomic E-state index is -4.02. The Balaban J connectivity index is 2.36. The van der Waals surface area contributed by atoms with Crippen molar-refractivity contribution in [2.75, 3.05) is 6.54 Å². The van der Waals surface area contributed by atoms with E-state index in [2.05, 4.69) is 12.2 Å². The van der Waals surface area contributed by atoms with Crippen LogP contribution >= 0.6 is 0 Å². The second-order valence-electron chi connectivity index (χ2n) is 4.81. The molecule has 1 aliphatic carbocycles. The van der Waals surface area contributed by atoms with Gasteiger partial charge in [-0.25, -0.2) is 0 Å². The van der Waals surface area contributed by atoms with E-state index >= 15 is 0 Å². The first-order valence-electron chi connectivity index (χ1n) is 5.67. The molecule has 1 rings (SSSR count). The van der Waals surface area contributed by atoms with Gasteiger partial charge in [-0.3, -0.25) is 0 Å². The number of hydrogen-bond acceptors (Lipinski definition) is 1. The quantitative estimate of drug-likeness (QED) is 0.726. The molecule has 1 aliphatic rings. The van der Waals surface area contributed by atoms with E-state index in [1.165, 1.54) is 0 Å². The third-order valence-electron chi connectivity index (χ3n) is 3.24. The summed E-state index contributed by atoms with van der Waals surface area (Å²) in [4.78, 5) is 0. The maximum atomic E-state index is 12.1. The Morgan fingerprint density at radius 2 is 1.93 bits per heavy atom. The van der Waals surface area contributed by atoms with Crippen LogP contribution in [0.4, 0.5) is 13.2 Å². The smallest absolute Gasteiger partial charge is 0.313 e. The van der Waals surface area contributed by atoms with Crippen molar-refractivity contribution in [3.8, 4) is 0 Å². The molecule has 0 aliphatic heterocycles. The fourth-order valence-corrected chi connectivity index (χ4v) is 1.87. The molecule has 0 heterocycles. The molecule has 1 nitrogen and oxygen atoms in total. The molecule has 1 saturated carbocycles. The molecule has 90 valence electrons. The molecule has 0 spiro atoms. The zero-order valence-corrected chi connectivity index (χ0v) is 9.45.